The first kappa shape index (κ1) is 13.9. The Morgan fingerprint density at radius 2 is 1.91 bits per heavy atom. The van der Waals surface area contributed by atoms with Crippen LogP contribution in [0.15, 0.2) is 36.4 Å². The Bertz CT molecular complexity index is 772. The molecule has 0 spiro atoms. The molecule has 0 amide bonds. The number of Topliss-reactive ketones (excluding diaryl/α,β-unsaturated/α-hetero) is 1. The number of anilines is 2. The first-order valence-electron chi connectivity index (χ1n) is 7.70. The van der Waals surface area contributed by atoms with Gasteiger partial charge >= 0.3 is 0 Å². The third-order valence-electron chi connectivity index (χ3n) is 4.04. The molecular formula is C18H17NO4. The molecule has 0 fully saturated rings. The van der Waals surface area contributed by atoms with Gasteiger partial charge in [0.25, 0.3) is 0 Å². The molecule has 0 bridgehead atoms. The molecule has 23 heavy (non-hydrogen) atoms. The van der Waals surface area contributed by atoms with Gasteiger partial charge in [0, 0.05) is 18.2 Å². The zero-order valence-corrected chi connectivity index (χ0v) is 12.9. The molecule has 0 N–H and O–H groups in total. The second-order valence-electron chi connectivity index (χ2n) is 5.54. The lowest BCUT2D eigenvalue weighted by atomic mass is 9.99. The van der Waals surface area contributed by atoms with Gasteiger partial charge in [0.05, 0.1) is 18.8 Å². The summed E-state index contributed by atoms with van der Waals surface area (Å²) in [6, 6.07) is 11.6. The van der Waals surface area contributed by atoms with Crippen molar-refractivity contribution >= 4 is 17.2 Å². The quantitative estimate of drug-likeness (QED) is 0.872. The highest BCUT2D eigenvalue weighted by Crippen LogP contribution is 2.44. The van der Waals surface area contributed by atoms with E-state index in [9.17, 15) is 4.79 Å². The fraction of sp³-hybridized carbons (Fsp3) is 0.278. The lowest BCUT2D eigenvalue weighted by molar-refractivity contribution is -0.117. The maximum atomic E-state index is 12.2. The summed E-state index contributed by atoms with van der Waals surface area (Å²) in [5, 5.41) is 0. The SMILES string of the molecule is CCOc1ccccc1N1CC(=O)Cc2cc3c(cc21)OCO3. The lowest BCUT2D eigenvalue weighted by Gasteiger charge is -2.31. The molecule has 2 aliphatic heterocycles. The summed E-state index contributed by atoms with van der Waals surface area (Å²) < 4.78 is 16.6. The van der Waals surface area contributed by atoms with Crippen molar-refractivity contribution < 1.29 is 19.0 Å². The zero-order chi connectivity index (χ0) is 15.8. The average molecular weight is 311 g/mol. The molecule has 0 atom stereocenters. The maximum absolute atomic E-state index is 12.2. The van der Waals surface area contributed by atoms with Crippen LogP contribution < -0.4 is 19.1 Å². The lowest BCUT2D eigenvalue weighted by Crippen LogP contribution is -2.32. The molecular weight excluding hydrogens is 294 g/mol. The highest BCUT2D eigenvalue weighted by molar-refractivity contribution is 5.94. The Kier molecular flexibility index (Phi) is 3.33. The molecule has 2 aromatic rings. The van der Waals surface area contributed by atoms with Gasteiger partial charge in [0.15, 0.2) is 17.3 Å². The van der Waals surface area contributed by atoms with Crippen molar-refractivity contribution in [2.75, 3.05) is 24.8 Å². The zero-order valence-electron chi connectivity index (χ0n) is 12.9. The van der Waals surface area contributed by atoms with Crippen LogP contribution in [0.25, 0.3) is 0 Å². The van der Waals surface area contributed by atoms with E-state index in [0.717, 1.165) is 28.4 Å². The number of benzene rings is 2. The average Bonchev–Trinajstić information content (AvgIpc) is 3.00. The normalized spacial score (nSPS) is 15.5. The van der Waals surface area contributed by atoms with E-state index in [1.165, 1.54) is 0 Å². The van der Waals surface area contributed by atoms with Crippen LogP contribution in [-0.2, 0) is 11.2 Å². The number of rotatable bonds is 3. The van der Waals surface area contributed by atoms with Crippen molar-refractivity contribution in [2.45, 2.75) is 13.3 Å². The maximum Gasteiger partial charge on any atom is 0.231 e. The predicted octanol–water partition coefficient (Wildman–Crippen LogP) is 3.08. The van der Waals surface area contributed by atoms with Gasteiger partial charge in [-0.2, -0.15) is 0 Å². The fourth-order valence-electron chi connectivity index (χ4n) is 3.07. The second kappa shape index (κ2) is 5.50. The molecule has 5 nitrogen and oxygen atoms in total. The van der Waals surface area contributed by atoms with E-state index < -0.39 is 0 Å². The summed E-state index contributed by atoms with van der Waals surface area (Å²) in [6.45, 7) is 3.08. The van der Waals surface area contributed by atoms with Crippen LogP contribution >= 0.6 is 0 Å². The van der Waals surface area contributed by atoms with Crippen molar-refractivity contribution in [2.24, 2.45) is 0 Å². The number of carbonyl (C=O) groups excluding carboxylic acids is 1. The van der Waals surface area contributed by atoms with Crippen molar-refractivity contribution in [3.63, 3.8) is 0 Å². The van der Waals surface area contributed by atoms with Gasteiger partial charge in [-0.15, -0.1) is 0 Å². The molecule has 0 aromatic heterocycles. The Morgan fingerprint density at radius 3 is 2.74 bits per heavy atom. The van der Waals surface area contributed by atoms with Gasteiger partial charge in [-0.05, 0) is 30.7 Å². The number of hydrogen-bond donors (Lipinski definition) is 0. The van der Waals surface area contributed by atoms with E-state index in [4.69, 9.17) is 14.2 Å². The van der Waals surface area contributed by atoms with Crippen LogP contribution in [0.1, 0.15) is 12.5 Å². The second-order valence-corrected chi connectivity index (χ2v) is 5.54. The van der Waals surface area contributed by atoms with Gasteiger partial charge in [0.2, 0.25) is 6.79 Å². The molecule has 2 aromatic carbocycles. The molecule has 2 aliphatic rings. The summed E-state index contributed by atoms with van der Waals surface area (Å²) in [7, 11) is 0. The standard InChI is InChI=1S/C18H17NO4/c1-2-21-16-6-4-3-5-14(16)19-10-13(20)7-12-8-17-18(9-15(12)19)23-11-22-17/h3-6,8-9H,2,7,10-11H2,1H3. The van der Waals surface area contributed by atoms with E-state index in [2.05, 4.69) is 0 Å². The van der Waals surface area contributed by atoms with Crippen LogP contribution in [0.4, 0.5) is 11.4 Å². The van der Waals surface area contributed by atoms with Crippen LogP contribution in [0, 0.1) is 0 Å². The number of ether oxygens (including phenoxy) is 3. The third-order valence-corrected chi connectivity index (χ3v) is 4.04. The number of hydrogen-bond acceptors (Lipinski definition) is 5. The van der Waals surface area contributed by atoms with Crippen LogP contribution in [0.5, 0.6) is 17.2 Å². The summed E-state index contributed by atoms with van der Waals surface area (Å²) in [5.74, 6) is 2.37. The Morgan fingerprint density at radius 1 is 1.13 bits per heavy atom. The van der Waals surface area contributed by atoms with Crippen LogP contribution in [0.3, 0.4) is 0 Å². The minimum atomic E-state index is 0.169. The first-order valence-corrected chi connectivity index (χ1v) is 7.70. The molecule has 118 valence electrons. The largest absolute Gasteiger partial charge is 0.492 e. The molecule has 0 aliphatic carbocycles. The third kappa shape index (κ3) is 2.38. The van der Waals surface area contributed by atoms with E-state index in [-0.39, 0.29) is 12.6 Å². The highest BCUT2D eigenvalue weighted by atomic mass is 16.7. The van der Waals surface area contributed by atoms with Gasteiger partial charge in [-0.25, -0.2) is 0 Å². The monoisotopic (exact) mass is 311 g/mol. The Balaban J connectivity index is 1.83. The minimum absolute atomic E-state index is 0.169. The fourth-order valence-corrected chi connectivity index (χ4v) is 3.07. The molecule has 0 unspecified atom stereocenters. The van der Waals surface area contributed by atoms with Crippen molar-refractivity contribution in [1.82, 2.24) is 0 Å². The van der Waals surface area contributed by atoms with E-state index in [1.54, 1.807) is 0 Å². The molecule has 2 heterocycles. The van der Waals surface area contributed by atoms with Crippen LogP contribution in [-0.4, -0.2) is 25.7 Å². The smallest absolute Gasteiger partial charge is 0.231 e. The van der Waals surface area contributed by atoms with Gasteiger partial charge in [-0.1, -0.05) is 12.1 Å². The Hall–Kier alpha value is -2.69. The van der Waals surface area contributed by atoms with Gasteiger partial charge in [-0.3, -0.25) is 4.79 Å². The van der Waals surface area contributed by atoms with Crippen molar-refractivity contribution in [3.05, 3.63) is 42.0 Å². The number of ketones is 1. The minimum Gasteiger partial charge on any atom is -0.492 e. The van der Waals surface area contributed by atoms with Gasteiger partial charge < -0.3 is 19.1 Å². The predicted molar refractivity (Wildman–Crippen MR) is 85.9 cm³/mol. The highest BCUT2D eigenvalue weighted by Gasteiger charge is 2.28. The summed E-state index contributed by atoms with van der Waals surface area (Å²) in [5.41, 5.74) is 2.82. The van der Waals surface area contributed by atoms with E-state index in [1.807, 2.05) is 48.2 Å². The summed E-state index contributed by atoms with van der Waals surface area (Å²) in [4.78, 5) is 14.2. The molecule has 5 heteroatoms. The van der Waals surface area contributed by atoms with E-state index >= 15 is 0 Å². The topological polar surface area (TPSA) is 48.0 Å². The summed E-state index contributed by atoms with van der Waals surface area (Å²) in [6.07, 6.45) is 0.416. The summed E-state index contributed by atoms with van der Waals surface area (Å²) >= 11 is 0. The number of carbonyl (C=O) groups is 1. The van der Waals surface area contributed by atoms with Crippen molar-refractivity contribution in [1.29, 1.82) is 0 Å². The molecule has 4 rings (SSSR count). The molecule has 0 radical (unpaired) electrons. The Labute approximate surface area is 134 Å². The first-order chi connectivity index (χ1) is 11.3. The number of para-hydroxylation sites is 2. The number of fused-ring (bicyclic) bond motifs is 2. The van der Waals surface area contributed by atoms with E-state index in [0.29, 0.717) is 25.3 Å². The molecule has 0 saturated carbocycles. The van der Waals surface area contributed by atoms with Gasteiger partial charge in [0.1, 0.15) is 5.75 Å². The van der Waals surface area contributed by atoms with Crippen LogP contribution in [0.2, 0.25) is 0 Å². The molecule has 0 saturated heterocycles. The van der Waals surface area contributed by atoms with Crippen molar-refractivity contribution in [3.8, 4) is 17.2 Å². The number of nitrogens with zero attached hydrogens (tertiary/aromatic N) is 1.